The van der Waals surface area contributed by atoms with Crippen molar-refractivity contribution in [2.24, 2.45) is 4.99 Å². The number of aromatic nitrogens is 1. The van der Waals surface area contributed by atoms with Crippen LogP contribution in [0, 0.1) is 6.92 Å². The van der Waals surface area contributed by atoms with Crippen LogP contribution in [0.25, 0.3) is 10.9 Å². The highest BCUT2D eigenvalue weighted by molar-refractivity contribution is 7.12. The summed E-state index contributed by atoms with van der Waals surface area (Å²) in [4.78, 5) is 9.26. The lowest BCUT2D eigenvalue weighted by Crippen LogP contribution is -2.22. The maximum atomic E-state index is 6.01. The van der Waals surface area contributed by atoms with E-state index in [1.54, 1.807) is 11.3 Å². The molecule has 0 aliphatic heterocycles. The van der Waals surface area contributed by atoms with E-state index in [0.717, 1.165) is 22.7 Å². The molecule has 26 heavy (non-hydrogen) atoms. The summed E-state index contributed by atoms with van der Waals surface area (Å²) >= 11 is 7.72. The third-order valence-electron chi connectivity index (χ3n) is 4.49. The first-order chi connectivity index (χ1) is 12.5. The number of hydrogen-bond donors (Lipinski definition) is 2. The standard InChI is InChI=1S/C21H24ClN3S/c1-13(2)18-12-26-20(14(18)3)21(25-15(4)22)23-10-9-16-11-24-19-8-6-5-7-17(16)19/h5-8,11-13,24H,4,9-10H2,1-3H3,(H,23,25). The van der Waals surface area contributed by atoms with Crippen molar-refractivity contribution in [3.8, 4) is 0 Å². The molecule has 0 radical (unpaired) electrons. The number of aliphatic imine (C=N–C) groups is 1. The molecule has 5 heteroatoms. The van der Waals surface area contributed by atoms with E-state index < -0.39 is 0 Å². The normalized spacial score (nSPS) is 12.1. The van der Waals surface area contributed by atoms with Gasteiger partial charge in [0.2, 0.25) is 0 Å². The van der Waals surface area contributed by atoms with Crippen LogP contribution in [-0.2, 0) is 6.42 Å². The molecule has 2 aromatic heterocycles. The van der Waals surface area contributed by atoms with Crippen molar-refractivity contribution in [1.29, 1.82) is 0 Å². The summed E-state index contributed by atoms with van der Waals surface area (Å²) in [6.45, 7) is 11.0. The summed E-state index contributed by atoms with van der Waals surface area (Å²) < 4.78 is 0. The number of aromatic amines is 1. The number of nitrogens with one attached hydrogen (secondary N) is 2. The number of thiophene rings is 1. The highest BCUT2D eigenvalue weighted by Crippen LogP contribution is 2.28. The van der Waals surface area contributed by atoms with Gasteiger partial charge >= 0.3 is 0 Å². The Morgan fingerprint density at radius 2 is 2.12 bits per heavy atom. The summed E-state index contributed by atoms with van der Waals surface area (Å²) in [5.74, 6) is 1.30. The topological polar surface area (TPSA) is 40.2 Å². The van der Waals surface area contributed by atoms with E-state index >= 15 is 0 Å². The van der Waals surface area contributed by atoms with Crippen molar-refractivity contribution >= 4 is 39.7 Å². The Morgan fingerprint density at radius 1 is 1.35 bits per heavy atom. The Balaban J connectivity index is 1.82. The molecular formula is C21H24ClN3S. The van der Waals surface area contributed by atoms with Crippen LogP contribution in [-0.4, -0.2) is 17.4 Å². The number of H-pyrrole nitrogens is 1. The van der Waals surface area contributed by atoms with Crippen molar-refractivity contribution in [3.05, 3.63) is 69.1 Å². The molecule has 0 atom stereocenters. The van der Waals surface area contributed by atoms with Crippen molar-refractivity contribution in [3.63, 3.8) is 0 Å². The van der Waals surface area contributed by atoms with Crippen molar-refractivity contribution in [2.75, 3.05) is 6.54 Å². The summed E-state index contributed by atoms with van der Waals surface area (Å²) in [7, 11) is 0. The second-order valence-corrected chi connectivity index (χ2v) is 8.01. The van der Waals surface area contributed by atoms with Crippen LogP contribution in [0.4, 0.5) is 0 Å². The first kappa shape index (κ1) is 18.7. The zero-order valence-corrected chi connectivity index (χ0v) is 17.0. The van der Waals surface area contributed by atoms with Crippen LogP contribution in [0.5, 0.6) is 0 Å². The molecule has 1 aromatic carbocycles. The number of hydrogen-bond acceptors (Lipinski definition) is 2. The van der Waals surface area contributed by atoms with E-state index in [1.807, 2.05) is 6.07 Å². The molecule has 0 aliphatic rings. The molecule has 0 unspecified atom stereocenters. The molecule has 0 aliphatic carbocycles. The third-order valence-corrected chi connectivity index (χ3v) is 5.70. The van der Waals surface area contributed by atoms with Crippen LogP contribution in [0.2, 0.25) is 0 Å². The van der Waals surface area contributed by atoms with Crippen LogP contribution < -0.4 is 5.32 Å². The summed E-state index contributed by atoms with van der Waals surface area (Å²) in [6, 6.07) is 8.34. The fourth-order valence-corrected chi connectivity index (χ4v) is 4.46. The lowest BCUT2D eigenvalue weighted by molar-refractivity contribution is 0.862. The summed E-state index contributed by atoms with van der Waals surface area (Å²) in [5, 5.41) is 6.98. The van der Waals surface area contributed by atoms with E-state index in [-0.39, 0.29) is 0 Å². The second-order valence-electron chi connectivity index (χ2n) is 6.67. The molecule has 0 amide bonds. The van der Waals surface area contributed by atoms with Gasteiger partial charge in [0.05, 0.1) is 4.88 Å². The van der Waals surface area contributed by atoms with Crippen molar-refractivity contribution < 1.29 is 0 Å². The summed E-state index contributed by atoms with van der Waals surface area (Å²) in [5.41, 5.74) is 5.06. The van der Waals surface area contributed by atoms with Gasteiger partial charge in [-0.05, 0) is 47.4 Å². The Bertz CT molecular complexity index is 949. The monoisotopic (exact) mass is 385 g/mol. The molecule has 2 heterocycles. The molecule has 0 fully saturated rings. The molecule has 0 spiro atoms. The van der Waals surface area contributed by atoms with E-state index in [9.17, 15) is 0 Å². The fourth-order valence-electron chi connectivity index (χ4n) is 3.16. The maximum Gasteiger partial charge on any atom is 0.143 e. The number of benzene rings is 1. The number of rotatable bonds is 6. The predicted molar refractivity (Wildman–Crippen MR) is 115 cm³/mol. The Kier molecular flexibility index (Phi) is 5.84. The fraction of sp³-hybridized carbons (Fsp3) is 0.286. The van der Waals surface area contributed by atoms with Gasteiger partial charge in [-0.15, -0.1) is 11.3 Å². The van der Waals surface area contributed by atoms with E-state index in [4.69, 9.17) is 16.6 Å². The lowest BCUT2D eigenvalue weighted by atomic mass is 10.0. The highest BCUT2D eigenvalue weighted by Gasteiger charge is 2.15. The lowest BCUT2D eigenvalue weighted by Gasteiger charge is -2.10. The van der Waals surface area contributed by atoms with Crippen molar-refractivity contribution in [1.82, 2.24) is 10.3 Å². The van der Waals surface area contributed by atoms with Crippen molar-refractivity contribution in [2.45, 2.75) is 33.1 Å². The number of fused-ring (bicyclic) bond motifs is 1. The van der Waals surface area contributed by atoms with Gasteiger partial charge in [0.1, 0.15) is 11.0 Å². The largest absolute Gasteiger partial charge is 0.361 e. The van der Waals surface area contributed by atoms with Gasteiger partial charge in [0, 0.05) is 23.6 Å². The maximum absolute atomic E-state index is 6.01. The average molecular weight is 386 g/mol. The number of amidine groups is 1. The van der Waals surface area contributed by atoms with E-state index in [1.165, 1.54) is 22.1 Å². The van der Waals surface area contributed by atoms with E-state index in [0.29, 0.717) is 17.6 Å². The quantitative estimate of drug-likeness (QED) is 0.307. The van der Waals surface area contributed by atoms with Gasteiger partial charge in [-0.2, -0.15) is 0 Å². The van der Waals surface area contributed by atoms with Gasteiger partial charge in [-0.25, -0.2) is 0 Å². The minimum absolute atomic E-state index is 0.384. The zero-order valence-electron chi connectivity index (χ0n) is 15.4. The molecule has 2 N–H and O–H groups in total. The molecule has 3 nitrogen and oxygen atoms in total. The van der Waals surface area contributed by atoms with Gasteiger partial charge in [-0.3, -0.25) is 4.99 Å². The molecule has 136 valence electrons. The summed E-state index contributed by atoms with van der Waals surface area (Å²) in [6.07, 6.45) is 2.94. The Labute approximate surface area is 163 Å². The second kappa shape index (κ2) is 8.11. The molecule has 3 rings (SSSR count). The minimum Gasteiger partial charge on any atom is -0.361 e. The number of para-hydroxylation sites is 1. The van der Waals surface area contributed by atoms with Crippen LogP contribution in [0.15, 0.2) is 52.6 Å². The zero-order chi connectivity index (χ0) is 18.7. The van der Waals surface area contributed by atoms with Crippen LogP contribution in [0.1, 0.15) is 41.3 Å². The highest BCUT2D eigenvalue weighted by atomic mass is 35.5. The van der Waals surface area contributed by atoms with Gasteiger partial charge in [0.15, 0.2) is 0 Å². The predicted octanol–water partition coefficient (Wildman–Crippen LogP) is 5.95. The molecule has 0 saturated carbocycles. The van der Waals surface area contributed by atoms with Gasteiger partial charge < -0.3 is 10.3 Å². The van der Waals surface area contributed by atoms with Gasteiger partial charge in [0.25, 0.3) is 0 Å². The van der Waals surface area contributed by atoms with Crippen LogP contribution >= 0.6 is 22.9 Å². The molecule has 0 saturated heterocycles. The van der Waals surface area contributed by atoms with Crippen LogP contribution in [0.3, 0.4) is 0 Å². The molecular weight excluding hydrogens is 362 g/mol. The first-order valence-corrected chi connectivity index (χ1v) is 10.0. The average Bonchev–Trinajstić information content (AvgIpc) is 3.17. The smallest absolute Gasteiger partial charge is 0.143 e. The number of halogens is 1. The minimum atomic E-state index is 0.384. The van der Waals surface area contributed by atoms with E-state index in [2.05, 4.69) is 67.4 Å². The molecule has 3 aromatic rings. The van der Waals surface area contributed by atoms with Gasteiger partial charge in [-0.1, -0.05) is 50.2 Å². The Morgan fingerprint density at radius 3 is 2.81 bits per heavy atom. The first-order valence-electron chi connectivity index (χ1n) is 8.76. The third kappa shape index (κ3) is 4.02. The molecule has 0 bridgehead atoms. The SMILES string of the molecule is C=C(Cl)NC(=NCCc1c[nH]c2ccccc12)c1scc(C(C)C)c1C. The Hall–Kier alpha value is -2.04. The number of nitrogens with zero attached hydrogens (tertiary/aromatic N) is 1.